The lowest BCUT2D eigenvalue weighted by molar-refractivity contribution is -0.125. The van der Waals surface area contributed by atoms with Gasteiger partial charge in [0.05, 0.1) is 16.7 Å². The number of nitrogens with one attached hydrogen (secondary N) is 1. The number of hydrogen-bond donors (Lipinski definition) is 1. The number of piperidine rings is 1. The van der Waals surface area contributed by atoms with Crippen LogP contribution in [0.5, 0.6) is 0 Å². The lowest BCUT2D eigenvalue weighted by Gasteiger charge is -2.44. The van der Waals surface area contributed by atoms with Crippen LogP contribution in [0.25, 0.3) is 0 Å². The van der Waals surface area contributed by atoms with Crippen molar-refractivity contribution in [3.8, 4) is 0 Å². The average molecular weight is 578 g/mol. The highest BCUT2D eigenvalue weighted by molar-refractivity contribution is 6.42. The second-order valence-corrected chi connectivity index (χ2v) is 12.1. The molecule has 3 aromatic carbocycles. The summed E-state index contributed by atoms with van der Waals surface area (Å²) in [6.45, 7) is 4.47. The summed E-state index contributed by atoms with van der Waals surface area (Å²) in [6.07, 6.45) is 3.33. The third-order valence-corrected chi connectivity index (χ3v) is 9.93. The van der Waals surface area contributed by atoms with Crippen LogP contribution in [0.2, 0.25) is 10.0 Å². The summed E-state index contributed by atoms with van der Waals surface area (Å²) in [5.74, 6) is 0.199. The molecule has 0 bridgehead atoms. The van der Waals surface area contributed by atoms with Crippen molar-refractivity contribution in [3.63, 3.8) is 0 Å². The van der Waals surface area contributed by atoms with Crippen molar-refractivity contribution in [3.05, 3.63) is 100 Å². The smallest absolute Gasteiger partial charge is 0.253 e. The SMILES string of the molecule is O=C(c1ccccc1)N1CCC(CCN2CCC3(CC2)C(=O)NCN3c2ccccc2)(c2ccc(Cl)c(Cl)c2)C1. The third-order valence-electron chi connectivity index (χ3n) is 9.19. The van der Waals surface area contributed by atoms with Gasteiger partial charge in [-0.05, 0) is 74.2 Å². The zero-order chi connectivity index (χ0) is 27.7. The number of halogens is 2. The van der Waals surface area contributed by atoms with E-state index in [2.05, 4.69) is 33.3 Å². The van der Waals surface area contributed by atoms with E-state index in [4.69, 9.17) is 23.2 Å². The van der Waals surface area contributed by atoms with Crippen molar-refractivity contribution in [2.24, 2.45) is 0 Å². The predicted octanol–water partition coefficient (Wildman–Crippen LogP) is 5.60. The van der Waals surface area contributed by atoms with Crippen LogP contribution >= 0.6 is 23.2 Å². The molecule has 8 heteroatoms. The molecule has 3 aromatic rings. The van der Waals surface area contributed by atoms with Crippen molar-refractivity contribution in [2.75, 3.05) is 44.3 Å². The van der Waals surface area contributed by atoms with Gasteiger partial charge in [-0.25, -0.2) is 0 Å². The first kappa shape index (κ1) is 27.1. The van der Waals surface area contributed by atoms with Gasteiger partial charge in [0.1, 0.15) is 5.54 Å². The molecule has 1 N–H and O–H groups in total. The van der Waals surface area contributed by atoms with Gasteiger partial charge in [0.15, 0.2) is 0 Å². The lowest BCUT2D eigenvalue weighted by atomic mass is 9.76. The third kappa shape index (κ3) is 4.98. The lowest BCUT2D eigenvalue weighted by Crippen LogP contribution is -2.56. The molecular weight excluding hydrogens is 543 g/mol. The van der Waals surface area contributed by atoms with E-state index in [1.54, 1.807) is 0 Å². The Bertz CT molecular complexity index is 1380. The molecule has 2 amide bonds. The fourth-order valence-electron chi connectivity index (χ4n) is 6.77. The Balaban J connectivity index is 1.18. The number of carbonyl (C=O) groups excluding carboxylic acids is 2. The minimum absolute atomic E-state index is 0.0655. The molecule has 1 unspecified atom stereocenters. The summed E-state index contributed by atoms with van der Waals surface area (Å²) in [5.41, 5.74) is 2.22. The number of hydrogen-bond acceptors (Lipinski definition) is 4. The first-order valence-corrected chi connectivity index (χ1v) is 14.8. The molecule has 6 rings (SSSR count). The van der Waals surface area contributed by atoms with Gasteiger partial charge >= 0.3 is 0 Å². The summed E-state index contributed by atoms with van der Waals surface area (Å²) in [5, 5.41) is 4.17. The summed E-state index contributed by atoms with van der Waals surface area (Å²) >= 11 is 12.8. The van der Waals surface area contributed by atoms with Gasteiger partial charge in [0, 0.05) is 42.8 Å². The molecule has 3 aliphatic heterocycles. The van der Waals surface area contributed by atoms with Gasteiger partial charge in [0.2, 0.25) is 5.91 Å². The number of nitrogens with zero attached hydrogens (tertiary/aromatic N) is 3. The van der Waals surface area contributed by atoms with Crippen LogP contribution in [-0.2, 0) is 10.2 Å². The number of likely N-dealkylation sites (tertiary alicyclic amines) is 2. The molecule has 1 atom stereocenters. The van der Waals surface area contributed by atoms with Crippen LogP contribution in [0.4, 0.5) is 5.69 Å². The van der Waals surface area contributed by atoms with Crippen LogP contribution < -0.4 is 10.2 Å². The molecular formula is C32H34Cl2N4O2. The molecule has 0 aliphatic carbocycles. The van der Waals surface area contributed by atoms with Gasteiger partial charge in [0.25, 0.3) is 5.91 Å². The second kappa shape index (κ2) is 11.1. The minimum Gasteiger partial charge on any atom is -0.339 e. The van der Waals surface area contributed by atoms with E-state index in [0.717, 1.165) is 56.6 Å². The Morgan fingerprint density at radius 1 is 0.850 bits per heavy atom. The zero-order valence-electron chi connectivity index (χ0n) is 22.5. The standard InChI is InChI=1S/C32H34Cl2N4O2/c33-27-12-11-25(21-28(27)34)31(14-20-37(22-31)29(39)24-7-3-1-4-8-24)13-17-36-18-15-32(16-19-36)30(40)35-23-38(32)26-9-5-2-6-10-26/h1-12,21H,13-20,22-23H2,(H,35,40). The summed E-state index contributed by atoms with van der Waals surface area (Å²) in [7, 11) is 0. The van der Waals surface area contributed by atoms with Gasteiger partial charge in [-0.1, -0.05) is 65.7 Å². The maximum Gasteiger partial charge on any atom is 0.253 e. The topological polar surface area (TPSA) is 55.9 Å². The highest BCUT2D eigenvalue weighted by Gasteiger charge is 2.50. The molecule has 3 aliphatic rings. The zero-order valence-corrected chi connectivity index (χ0v) is 24.0. The first-order chi connectivity index (χ1) is 19.4. The van der Waals surface area contributed by atoms with Crippen molar-refractivity contribution < 1.29 is 9.59 Å². The highest BCUT2D eigenvalue weighted by atomic mass is 35.5. The Kier molecular flexibility index (Phi) is 7.51. The van der Waals surface area contributed by atoms with Gasteiger partial charge in [-0.2, -0.15) is 0 Å². The number of rotatable bonds is 6. The van der Waals surface area contributed by atoms with Crippen LogP contribution in [0, 0.1) is 0 Å². The summed E-state index contributed by atoms with van der Waals surface area (Å²) in [6, 6.07) is 25.6. The summed E-state index contributed by atoms with van der Waals surface area (Å²) in [4.78, 5) is 33.1. The van der Waals surface area contributed by atoms with Gasteiger partial charge in [-0.3, -0.25) is 9.59 Å². The highest BCUT2D eigenvalue weighted by Crippen LogP contribution is 2.42. The molecule has 3 heterocycles. The van der Waals surface area contributed by atoms with Crippen molar-refractivity contribution >= 4 is 40.7 Å². The quantitative estimate of drug-likeness (QED) is 0.415. The Hall–Kier alpha value is -3.06. The molecule has 0 aromatic heterocycles. The number of carbonyl (C=O) groups is 2. The van der Waals surface area contributed by atoms with E-state index >= 15 is 0 Å². The largest absolute Gasteiger partial charge is 0.339 e. The number of benzene rings is 3. The van der Waals surface area contributed by atoms with Crippen LogP contribution in [0.3, 0.4) is 0 Å². The predicted molar refractivity (Wildman–Crippen MR) is 160 cm³/mol. The molecule has 6 nitrogen and oxygen atoms in total. The van der Waals surface area contributed by atoms with E-state index in [0.29, 0.717) is 35.4 Å². The van der Waals surface area contributed by atoms with E-state index in [-0.39, 0.29) is 17.2 Å². The maximum absolute atomic E-state index is 13.3. The van der Waals surface area contributed by atoms with E-state index in [1.807, 2.05) is 65.6 Å². The molecule has 3 saturated heterocycles. The first-order valence-electron chi connectivity index (χ1n) is 14.0. The number of anilines is 1. The van der Waals surface area contributed by atoms with Gasteiger partial charge < -0.3 is 20.0 Å². The van der Waals surface area contributed by atoms with E-state index in [9.17, 15) is 9.59 Å². The molecule has 3 fully saturated rings. The van der Waals surface area contributed by atoms with Crippen molar-refractivity contribution in [1.82, 2.24) is 15.1 Å². The van der Waals surface area contributed by atoms with E-state index in [1.165, 1.54) is 0 Å². The van der Waals surface area contributed by atoms with Gasteiger partial charge in [-0.15, -0.1) is 0 Å². The monoisotopic (exact) mass is 576 g/mol. The second-order valence-electron chi connectivity index (χ2n) is 11.3. The van der Waals surface area contributed by atoms with E-state index < -0.39 is 5.54 Å². The van der Waals surface area contributed by atoms with Crippen LogP contribution in [0.15, 0.2) is 78.9 Å². The average Bonchev–Trinajstić information content (AvgIpc) is 3.57. The molecule has 1 spiro atoms. The molecule has 0 radical (unpaired) electrons. The maximum atomic E-state index is 13.3. The Labute approximate surface area is 245 Å². The minimum atomic E-state index is -0.495. The Morgan fingerprint density at radius 2 is 1.55 bits per heavy atom. The summed E-state index contributed by atoms with van der Waals surface area (Å²) < 4.78 is 0. The fourth-order valence-corrected chi connectivity index (χ4v) is 7.07. The molecule has 0 saturated carbocycles. The Morgan fingerprint density at radius 3 is 2.25 bits per heavy atom. The van der Waals surface area contributed by atoms with Crippen LogP contribution in [0.1, 0.15) is 41.6 Å². The fraction of sp³-hybridized carbons (Fsp3) is 0.375. The normalized spacial score (nSPS) is 22.6. The van der Waals surface area contributed by atoms with Crippen molar-refractivity contribution in [2.45, 2.75) is 36.6 Å². The van der Waals surface area contributed by atoms with Crippen LogP contribution in [-0.4, -0.2) is 66.5 Å². The number of para-hydroxylation sites is 1. The number of amides is 2. The molecule has 40 heavy (non-hydrogen) atoms. The molecule has 208 valence electrons. The van der Waals surface area contributed by atoms with Crippen molar-refractivity contribution in [1.29, 1.82) is 0 Å².